The monoisotopic (exact) mass is 280 g/mol. The van der Waals surface area contributed by atoms with Crippen LogP contribution in [-0.4, -0.2) is 22.6 Å². The molecule has 1 aromatic rings. The van der Waals surface area contributed by atoms with E-state index >= 15 is 0 Å². The number of hydrogen-bond donors (Lipinski definition) is 1. The molecule has 3 heteroatoms. The van der Waals surface area contributed by atoms with E-state index in [0.717, 1.165) is 6.54 Å². The van der Waals surface area contributed by atoms with Gasteiger partial charge in [-0.25, -0.2) is 0 Å². The third-order valence-corrected chi connectivity index (χ3v) is 4.85. The lowest BCUT2D eigenvalue weighted by atomic mass is 9.91. The van der Waals surface area contributed by atoms with Crippen molar-refractivity contribution in [3.05, 3.63) is 23.5 Å². The van der Waals surface area contributed by atoms with Crippen LogP contribution < -0.4 is 5.32 Å². The van der Waals surface area contributed by atoms with E-state index in [4.69, 9.17) is 0 Å². The molecule has 108 valence electrons. The van der Waals surface area contributed by atoms with Crippen LogP contribution in [0, 0.1) is 0 Å². The fourth-order valence-electron chi connectivity index (χ4n) is 2.90. The van der Waals surface area contributed by atoms with Gasteiger partial charge in [0, 0.05) is 25.0 Å². The van der Waals surface area contributed by atoms with Gasteiger partial charge in [-0.1, -0.05) is 13.8 Å². The molecule has 1 unspecified atom stereocenters. The van der Waals surface area contributed by atoms with Crippen LogP contribution in [0.1, 0.15) is 56.7 Å². The summed E-state index contributed by atoms with van der Waals surface area (Å²) in [5.74, 6) is 2.53. The first-order valence-corrected chi connectivity index (χ1v) is 9.00. The Morgan fingerprint density at radius 2 is 2.26 bits per heavy atom. The number of rotatable bonds is 8. The predicted molar refractivity (Wildman–Crippen MR) is 86.0 cm³/mol. The Hall–Kier alpha value is -0.410. The molecule has 0 bridgehead atoms. The summed E-state index contributed by atoms with van der Waals surface area (Å²) in [5.41, 5.74) is 3.16. The van der Waals surface area contributed by atoms with Crippen LogP contribution >= 0.6 is 11.8 Å². The lowest BCUT2D eigenvalue weighted by Gasteiger charge is -2.23. The van der Waals surface area contributed by atoms with Gasteiger partial charge >= 0.3 is 0 Å². The fourth-order valence-corrected chi connectivity index (χ4v) is 3.52. The minimum Gasteiger partial charge on any atom is -0.354 e. The lowest BCUT2D eigenvalue weighted by Crippen LogP contribution is -2.24. The van der Waals surface area contributed by atoms with Gasteiger partial charge in [-0.05, 0) is 61.3 Å². The van der Waals surface area contributed by atoms with Gasteiger partial charge in [-0.3, -0.25) is 0 Å². The average molecular weight is 280 g/mol. The number of nitrogens with one attached hydrogen (secondary N) is 1. The van der Waals surface area contributed by atoms with E-state index in [9.17, 15) is 0 Å². The first-order chi connectivity index (χ1) is 9.35. The van der Waals surface area contributed by atoms with E-state index in [2.05, 4.69) is 36.1 Å². The van der Waals surface area contributed by atoms with Crippen LogP contribution in [0.15, 0.2) is 12.4 Å². The van der Waals surface area contributed by atoms with Crippen LogP contribution in [0.5, 0.6) is 0 Å². The topological polar surface area (TPSA) is 17.0 Å². The molecule has 0 fully saturated rings. The van der Waals surface area contributed by atoms with Gasteiger partial charge in [0.2, 0.25) is 0 Å². The summed E-state index contributed by atoms with van der Waals surface area (Å²) in [6.07, 6.45) is 11.2. The van der Waals surface area contributed by atoms with Crippen LogP contribution in [0.4, 0.5) is 0 Å². The molecule has 0 spiro atoms. The summed E-state index contributed by atoms with van der Waals surface area (Å²) in [6.45, 7) is 6.80. The van der Waals surface area contributed by atoms with Crippen molar-refractivity contribution in [3.63, 3.8) is 0 Å². The van der Waals surface area contributed by atoms with E-state index in [1.54, 1.807) is 11.1 Å². The largest absolute Gasteiger partial charge is 0.354 e. The number of aryl methyl sites for hydroxylation is 2. The second-order valence-electron chi connectivity index (χ2n) is 5.43. The van der Waals surface area contributed by atoms with E-state index in [1.165, 1.54) is 50.2 Å². The predicted octanol–water partition coefficient (Wildman–Crippen LogP) is 4.01. The highest BCUT2D eigenvalue weighted by Crippen LogP contribution is 2.30. The quantitative estimate of drug-likeness (QED) is 0.725. The van der Waals surface area contributed by atoms with Crippen molar-refractivity contribution in [1.82, 2.24) is 9.88 Å². The Morgan fingerprint density at radius 1 is 1.37 bits per heavy atom. The molecule has 0 amide bonds. The molecule has 0 aromatic carbocycles. The highest BCUT2D eigenvalue weighted by molar-refractivity contribution is 7.99. The minimum absolute atomic E-state index is 0.606. The molecule has 1 aliphatic rings. The molecule has 19 heavy (non-hydrogen) atoms. The van der Waals surface area contributed by atoms with Crippen LogP contribution in [-0.2, 0) is 13.0 Å². The summed E-state index contributed by atoms with van der Waals surface area (Å²) < 4.78 is 2.42. The van der Waals surface area contributed by atoms with Gasteiger partial charge < -0.3 is 9.88 Å². The van der Waals surface area contributed by atoms with E-state index in [1.807, 2.05) is 11.8 Å². The van der Waals surface area contributed by atoms with Crippen molar-refractivity contribution in [2.24, 2.45) is 0 Å². The molecular formula is C16H28N2S. The molecule has 1 aliphatic carbocycles. The summed E-state index contributed by atoms with van der Waals surface area (Å²) in [6, 6.07) is 0.606. The summed E-state index contributed by atoms with van der Waals surface area (Å²) in [7, 11) is 0. The van der Waals surface area contributed by atoms with Gasteiger partial charge in [0.1, 0.15) is 0 Å². The van der Waals surface area contributed by atoms with Gasteiger partial charge in [-0.2, -0.15) is 11.8 Å². The molecule has 0 radical (unpaired) electrons. The van der Waals surface area contributed by atoms with Crippen molar-refractivity contribution < 1.29 is 0 Å². The third-order valence-electron chi connectivity index (χ3n) is 3.86. The van der Waals surface area contributed by atoms with Gasteiger partial charge in [0.05, 0.1) is 0 Å². The third kappa shape index (κ3) is 4.28. The lowest BCUT2D eigenvalue weighted by molar-refractivity contribution is 0.462. The molecule has 1 N–H and O–H groups in total. The first kappa shape index (κ1) is 15.0. The number of nitrogens with zero attached hydrogens (tertiary/aromatic N) is 1. The molecule has 1 aromatic heterocycles. The number of thioether (sulfide) groups is 1. The van der Waals surface area contributed by atoms with Crippen molar-refractivity contribution in [3.8, 4) is 0 Å². The number of aromatic nitrogens is 1. The molecule has 0 saturated carbocycles. The van der Waals surface area contributed by atoms with E-state index in [0.29, 0.717) is 6.04 Å². The van der Waals surface area contributed by atoms with Crippen LogP contribution in [0.2, 0.25) is 0 Å². The highest BCUT2D eigenvalue weighted by Gasteiger charge is 2.21. The van der Waals surface area contributed by atoms with Gasteiger partial charge in [0.15, 0.2) is 0 Å². The summed E-state index contributed by atoms with van der Waals surface area (Å²) >= 11 is 2.05. The summed E-state index contributed by atoms with van der Waals surface area (Å²) in [5, 5.41) is 3.70. The molecule has 1 heterocycles. The molecular weight excluding hydrogens is 252 g/mol. The highest BCUT2D eigenvalue weighted by atomic mass is 32.2. The van der Waals surface area contributed by atoms with E-state index < -0.39 is 0 Å². The zero-order valence-corrected chi connectivity index (χ0v) is 13.3. The second-order valence-corrected chi connectivity index (χ2v) is 6.82. The Bertz CT molecular complexity index is 373. The van der Waals surface area contributed by atoms with Gasteiger partial charge in [-0.15, -0.1) is 0 Å². The average Bonchev–Trinajstić information content (AvgIpc) is 2.84. The molecule has 2 rings (SSSR count). The summed E-state index contributed by atoms with van der Waals surface area (Å²) in [4.78, 5) is 0. The second kappa shape index (κ2) is 8.01. The first-order valence-electron chi connectivity index (χ1n) is 7.84. The molecule has 0 aliphatic heterocycles. The van der Waals surface area contributed by atoms with Crippen molar-refractivity contribution in [2.45, 2.75) is 58.5 Å². The number of hydrogen-bond acceptors (Lipinski definition) is 2. The number of fused-ring (bicyclic) bond motifs is 1. The Kier molecular flexibility index (Phi) is 6.32. The van der Waals surface area contributed by atoms with Crippen molar-refractivity contribution in [2.75, 3.05) is 18.1 Å². The van der Waals surface area contributed by atoms with Gasteiger partial charge in [0.25, 0.3) is 0 Å². The maximum atomic E-state index is 3.70. The van der Waals surface area contributed by atoms with Crippen LogP contribution in [0.25, 0.3) is 0 Å². The molecule has 2 nitrogen and oxygen atoms in total. The fraction of sp³-hybridized carbons (Fsp3) is 0.750. The standard InChI is InChI=1S/C16H28N2S/c1-3-9-17-16-8-5-7-14-12-18(13-15(14)16)10-6-11-19-4-2/h12-13,16-17H,3-11H2,1-2H3. The zero-order valence-electron chi connectivity index (χ0n) is 12.5. The molecule has 0 saturated heterocycles. The van der Waals surface area contributed by atoms with Crippen molar-refractivity contribution in [1.29, 1.82) is 0 Å². The maximum Gasteiger partial charge on any atom is 0.0338 e. The Balaban J connectivity index is 1.92. The normalized spacial score (nSPS) is 18.5. The SMILES string of the molecule is CCCNC1CCCc2cn(CCCSCC)cc21. The zero-order chi connectivity index (χ0) is 13.5. The minimum atomic E-state index is 0.606. The van der Waals surface area contributed by atoms with Crippen molar-refractivity contribution >= 4 is 11.8 Å². The smallest absolute Gasteiger partial charge is 0.0338 e. The Labute approximate surface area is 122 Å². The maximum absolute atomic E-state index is 3.70. The van der Waals surface area contributed by atoms with Crippen LogP contribution in [0.3, 0.4) is 0 Å². The van der Waals surface area contributed by atoms with E-state index in [-0.39, 0.29) is 0 Å². The molecule has 1 atom stereocenters. The Morgan fingerprint density at radius 3 is 3.05 bits per heavy atom.